The average molecular weight is 427 g/mol. The number of hydrogen-bond acceptors (Lipinski definition) is 6. The van der Waals surface area contributed by atoms with Crippen LogP contribution in [0.5, 0.6) is 5.75 Å². The normalized spacial score (nSPS) is 11.0. The third-order valence-electron chi connectivity index (χ3n) is 4.73. The number of fused-ring (bicyclic) bond motifs is 1. The second kappa shape index (κ2) is 7.89. The first-order valence-corrected chi connectivity index (χ1v) is 10.3. The molecule has 1 N–H and O–H groups in total. The van der Waals surface area contributed by atoms with Gasteiger partial charge in [-0.05, 0) is 43.2 Å². The van der Waals surface area contributed by atoms with Gasteiger partial charge >= 0.3 is 5.63 Å². The monoisotopic (exact) mass is 426 g/mol. The SMILES string of the molecule is CCc1sc(Nc2cccc(Cl)c2C)nc1-c1cc2cccc(OC)c2oc1=O. The third kappa shape index (κ3) is 3.61. The van der Waals surface area contributed by atoms with Crippen LogP contribution in [0.1, 0.15) is 17.4 Å². The summed E-state index contributed by atoms with van der Waals surface area (Å²) in [4.78, 5) is 18.4. The van der Waals surface area contributed by atoms with Gasteiger partial charge < -0.3 is 14.5 Å². The number of rotatable bonds is 5. The van der Waals surface area contributed by atoms with Gasteiger partial charge in [0.1, 0.15) is 0 Å². The van der Waals surface area contributed by atoms with Crippen molar-refractivity contribution in [2.24, 2.45) is 0 Å². The van der Waals surface area contributed by atoms with Crippen LogP contribution in [0.2, 0.25) is 5.02 Å². The van der Waals surface area contributed by atoms with Crippen LogP contribution in [-0.2, 0) is 6.42 Å². The van der Waals surface area contributed by atoms with Gasteiger partial charge in [-0.3, -0.25) is 0 Å². The number of para-hydroxylation sites is 1. The molecule has 2 heterocycles. The summed E-state index contributed by atoms with van der Waals surface area (Å²) in [5.74, 6) is 0.527. The van der Waals surface area contributed by atoms with Crippen LogP contribution in [0.3, 0.4) is 0 Å². The molecule has 2 aromatic carbocycles. The van der Waals surface area contributed by atoms with Crippen LogP contribution < -0.4 is 15.7 Å². The summed E-state index contributed by atoms with van der Waals surface area (Å²) in [5, 5.41) is 5.50. The molecule has 2 aromatic heterocycles. The smallest absolute Gasteiger partial charge is 0.345 e. The summed E-state index contributed by atoms with van der Waals surface area (Å²) < 4.78 is 10.9. The highest BCUT2D eigenvalue weighted by Gasteiger charge is 2.18. The van der Waals surface area contributed by atoms with Gasteiger partial charge in [-0.25, -0.2) is 9.78 Å². The van der Waals surface area contributed by atoms with Gasteiger partial charge in [-0.15, -0.1) is 11.3 Å². The number of benzene rings is 2. The van der Waals surface area contributed by atoms with Gasteiger partial charge in [0.15, 0.2) is 16.5 Å². The zero-order chi connectivity index (χ0) is 20.5. The van der Waals surface area contributed by atoms with Crippen molar-refractivity contribution in [1.29, 1.82) is 0 Å². The van der Waals surface area contributed by atoms with E-state index in [0.717, 1.165) is 27.9 Å². The average Bonchev–Trinajstić information content (AvgIpc) is 3.13. The number of anilines is 2. The fourth-order valence-corrected chi connectivity index (χ4v) is 4.26. The molecule has 4 aromatic rings. The first-order chi connectivity index (χ1) is 14.0. The van der Waals surface area contributed by atoms with Crippen molar-refractivity contribution in [3.63, 3.8) is 0 Å². The minimum Gasteiger partial charge on any atom is -0.493 e. The van der Waals surface area contributed by atoms with E-state index in [1.54, 1.807) is 13.2 Å². The maximum absolute atomic E-state index is 12.7. The Hall–Kier alpha value is -2.83. The topological polar surface area (TPSA) is 64.4 Å². The summed E-state index contributed by atoms with van der Waals surface area (Å²) in [7, 11) is 1.55. The maximum atomic E-state index is 12.7. The molecule has 0 spiro atoms. The molecule has 0 radical (unpaired) electrons. The van der Waals surface area contributed by atoms with Crippen LogP contribution in [-0.4, -0.2) is 12.1 Å². The highest BCUT2D eigenvalue weighted by atomic mass is 35.5. The maximum Gasteiger partial charge on any atom is 0.345 e. The fourth-order valence-electron chi connectivity index (χ4n) is 3.16. The number of halogens is 1. The number of hydrogen-bond donors (Lipinski definition) is 1. The molecule has 0 unspecified atom stereocenters. The highest BCUT2D eigenvalue weighted by molar-refractivity contribution is 7.16. The van der Waals surface area contributed by atoms with E-state index >= 15 is 0 Å². The Kier molecular flexibility index (Phi) is 5.30. The Morgan fingerprint density at radius 3 is 2.79 bits per heavy atom. The zero-order valence-electron chi connectivity index (χ0n) is 16.2. The molecule has 0 aliphatic carbocycles. The van der Waals surface area contributed by atoms with Crippen molar-refractivity contribution >= 4 is 44.7 Å². The summed E-state index contributed by atoms with van der Waals surface area (Å²) in [5.41, 5.74) is 2.90. The predicted molar refractivity (Wildman–Crippen MR) is 119 cm³/mol. The van der Waals surface area contributed by atoms with Crippen molar-refractivity contribution in [1.82, 2.24) is 4.98 Å². The van der Waals surface area contributed by atoms with Crippen LogP contribution in [0.4, 0.5) is 10.8 Å². The molecule has 0 saturated heterocycles. The predicted octanol–water partition coefficient (Wildman–Crippen LogP) is 6.19. The molecule has 4 rings (SSSR count). The van der Waals surface area contributed by atoms with E-state index in [9.17, 15) is 4.79 Å². The summed E-state index contributed by atoms with van der Waals surface area (Å²) in [6, 6.07) is 13.0. The van der Waals surface area contributed by atoms with Crippen molar-refractivity contribution < 1.29 is 9.15 Å². The second-order valence-corrected chi connectivity index (χ2v) is 8.00. The molecule has 0 amide bonds. The zero-order valence-corrected chi connectivity index (χ0v) is 17.8. The molecule has 7 heteroatoms. The number of aromatic nitrogens is 1. The highest BCUT2D eigenvalue weighted by Crippen LogP contribution is 2.35. The first kappa shape index (κ1) is 19.5. The molecular formula is C22H19ClN2O3S. The van der Waals surface area contributed by atoms with Crippen molar-refractivity contribution in [2.75, 3.05) is 12.4 Å². The van der Waals surface area contributed by atoms with E-state index in [1.807, 2.05) is 50.2 Å². The Bertz CT molecular complexity index is 1260. The molecule has 0 fully saturated rings. The minimum absolute atomic E-state index is 0.435. The Balaban J connectivity index is 1.80. The molecule has 0 aliphatic heterocycles. The van der Waals surface area contributed by atoms with Crippen LogP contribution >= 0.6 is 22.9 Å². The van der Waals surface area contributed by atoms with Gasteiger partial charge in [0.25, 0.3) is 0 Å². The van der Waals surface area contributed by atoms with Gasteiger partial charge in [-0.1, -0.05) is 36.7 Å². The lowest BCUT2D eigenvalue weighted by Gasteiger charge is -2.07. The van der Waals surface area contributed by atoms with E-state index in [0.29, 0.717) is 32.7 Å². The second-order valence-electron chi connectivity index (χ2n) is 6.51. The lowest BCUT2D eigenvalue weighted by atomic mass is 10.1. The number of thiazole rings is 1. The molecule has 148 valence electrons. The molecule has 0 bridgehead atoms. The number of aryl methyl sites for hydroxylation is 1. The van der Waals surface area contributed by atoms with Gasteiger partial charge in [0, 0.05) is 21.0 Å². The van der Waals surface area contributed by atoms with E-state index in [1.165, 1.54) is 11.3 Å². The molecule has 0 aliphatic rings. The molecular weight excluding hydrogens is 408 g/mol. The largest absolute Gasteiger partial charge is 0.493 e. The van der Waals surface area contributed by atoms with Crippen LogP contribution in [0, 0.1) is 6.92 Å². The van der Waals surface area contributed by atoms with Gasteiger partial charge in [-0.2, -0.15) is 0 Å². The molecule has 0 saturated carbocycles. The quantitative estimate of drug-likeness (QED) is 0.385. The lowest BCUT2D eigenvalue weighted by molar-refractivity contribution is 0.407. The molecule has 5 nitrogen and oxygen atoms in total. The fraction of sp³-hybridized carbons (Fsp3) is 0.182. The Labute approximate surface area is 176 Å². The third-order valence-corrected chi connectivity index (χ3v) is 6.25. The number of nitrogens with one attached hydrogen (secondary N) is 1. The lowest BCUT2D eigenvalue weighted by Crippen LogP contribution is -2.05. The molecule has 29 heavy (non-hydrogen) atoms. The summed E-state index contributed by atoms with van der Waals surface area (Å²) in [6.07, 6.45) is 0.749. The number of methoxy groups -OCH3 is 1. The van der Waals surface area contributed by atoms with Crippen molar-refractivity contribution in [3.8, 4) is 17.0 Å². The summed E-state index contributed by atoms with van der Waals surface area (Å²) in [6.45, 7) is 3.99. The van der Waals surface area contributed by atoms with Gasteiger partial charge in [0.2, 0.25) is 0 Å². The van der Waals surface area contributed by atoms with E-state index < -0.39 is 5.63 Å². The Morgan fingerprint density at radius 2 is 2.03 bits per heavy atom. The van der Waals surface area contributed by atoms with Crippen molar-refractivity contribution in [3.05, 3.63) is 68.3 Å². The standard InChI is InChI=1S/C22H19ClN2O3S/c1-4-18-19(25-22(29-18)24-16-9-6-8-15(23)12(16)2)14-11-13-7-5-10-17(27-3)20(13)28-21(14)26/h5-11H,4H2,1-3H3,(H,24,25). The van der Waals surface area contributed by atoms with E-state index in [4.69, 9.17) is 25.7 Å². The van der Waals surface area contributed by atoms with E-state index in [2.05, 4.69) is 5.32 Å². The van der Waals surface area contributed by atoms with E-state index in [-0.39, 0.29) is 0 Å². The number of ether oxygens (including phenoxy) is 1. The number of nitrogens with zero attached hydrogens (tertiary/aromatic N) is 1. The molecule has 0 atom stereocenters. The first-order valence-electron chi connectivity index (χ1n) is 9.15. The van der Waals surface area contributed by atoms with Crippen LogP contribution in [0.15, 0.2) is 51.7 Å². The Morgan fingerprint density at radius 1 is 1.24 bits per heavy atom. The van der Waals surface area contributed by atoms with Crippen molar-refractivity contribution in [2.45, 2.75) is 20.3 Å². The van der Waals surface area contributed by atoms with Crippen LogP contribution in [0.25, 0.3) is 22.2 Å². The minimum atomic E-state index is -0.438. The summed E-state index contributed by atoms with van der Waals surface area (Å²) >= 11 is 7.73. The van der Waals surface area contributed by atoms with Gasteiger partial charge in [0.05, 0.1) is 18.4 Å².